The monoisotopic (exact) mass is 303 g/mol. The average Bonchev–Trinajstić information content (AvgIpc) is 2.88. The molecule has 1 aliphatic heterocycles. The number of ether oxygens (including phenoxy) is 1. The number of carbonyl (C=O) groups is 1. The van der Waals surface area contributed by atoms with E-state index in [9.17, 15) is 9.59 Å². The van der Waals surface area contributed by atoms with Crippen molar-refractivity contribution in [2.45, 2.75) is 25.8 Å². The third kappa shape index (κ3) is 2.78. The number of H-pyrrole nitrogens is 1. The second kappa shape index (κ2) is 6.36. The van der Waals surface area contributed by atoms with Crippen LogP contribution in [0.1, 0.15) is 25.8 Å². The zero-order valence-electron chi connectivity index (χ0n) is 12.7. The Kier molecular flexibility index (Phi) is 4.29. The van der Waals surface area contributed by atoms with Gasteiger partial charge in [0.05, 0.1) is 11.0 Å². The van der Waals surface area contributed by atoms with E-state index >= 15 is 0 Å². The average molecular weight is 303 g/mol. The number of carbonyl (C=O) groups excluding carboxylic acids is 1. The minimum absolute atomic E-state index is 0.0339. The van der Waals surface area contributed by atoms with Gasteiger partial charge in [0.25, 0.3) is 0 Å². The molecule has 118 valence electrons. The predicted octanol–water partition coefficient (Wildman–Crippen LogP) is 1.53. The molecule has 1 saturated heterocycles. The molecule has 6 nitrogen and oxygen atoms in total. The van der Waals surface area contributed by atoms with Crippen molar-refractivity contribution in [3.05, 3.63) is 34.7 Å². The number of para-hydroxylation sites is 2. The van der Waals surface area contributed by atoms with E-state index in [0.29, 0.717) is 19.7 Å². The van der Waals surface area contributed by atoms with Crippen LogP contribution in [-0.4, -0.2) is 46.7 Å². The maximum atomic E-state index is 12.2. The van der Waals surface area contributed by atoms with Crippen LogP contribution >= 0.6 is 0 Å². The molecule has 2 heterocycles. The molecule has 0 spiro atoms. The van der Waals surface area contributed by atoms with Crippen LogP contribution < -0.4 is 5.69 Å². The van der Waals surface area contributed by atoms with Crippen LogP contribution in [0, 0.1) is 0 Å². The molecule has 0 unspecified atom stereocenters. The lowest BCUT2D eigenvalue weighted by molar-refractivity contribution is -0.137. The van der Waals surface area contributed by atoms with Crippen molar-refractivity contribution < 1.29 is 9.53 Å². The molecule has 0 radical (unpaired) electrons. The third-order valence-electron chi connectivity index (χ3n) is 4.24. The number of imidazole rings is 1. The Hall–Kier alpha value is -2.08. The number of aromatic nitrogens is 2. The van der Waals surface area contributed by atoms with Gasteiger partial charge in [-0.2, -0.15) is 0 Å². The number of nitrogens with zero attached hydrogens (tertiary/aromatic N) is 2. The number of likely N-dealkylation sites (tertiary alicyclic amines) is 1. The Balaban J connectivity index is 1.72. The van der Waals surface area contributed by atoms with Gasteiger partial charge in [-0.1, -0.05) is 12.1 Å². The van der Waals surface area contributed by atoms with Gasteiger partial charge in [-0.15, -0.1) is 0 Å². The Morgan fingerprint density at radius 3 is 2.77 bits per heavy atom. The summed E-state index contributed by atoms with van der Waals surface area (Å²) in [4.78, 5) is 28.9. The van der Waals surface area contributed by atoms with Crippen LogP contribution in [0.5, 0.6) is 0 Å². The summed E-state index contributed by atoms with van der Waals surface area (Å²) in [5, 5.41) is 0. The van der Waals surface area contributed by atoms with Gasteiger partial charge in [-0.3, -0.25) is 9.36 Å². The van der Waals surface area contributed by atoms with Gasteiger partial charge in [0.15, 0.2) is 0 Å². The number of rotatable bonds is 4. The fourth-order valence-electron chi connectivity index (χ4n) is 3.09. The molecule has 1 N–H and O–H groups in total. The Labute approximate surface area is 128 Å². The van der Waals surface area contributed by atoms with Gasteiger partial charge in [-0.25, -0.2) is 4.79 Å². The van der Waals surface area contributed by atoms with Crippen LogP contribution in [0.15, 0.2) is 29.1 Å². The highest BCUT2D eigenvalue weighted by Crippen LogP contribution is 2.24. The molecule has 1 aliphatic rings. The van der Waals surface area contributed by atoms with Crippen molar-refractivity contribution in [2.24, 2.45) is 0 Å². The van der Waals surface area contributed by atoms with Gasteiger partial charge in [0.1, 0.15) is 6.61 Å². The fraction of sp³-hybridized carbons (Fsp3) is 0.500. The fourth-order valence-corrected chi connectivity index (χ4v) is 3.09. The normalized spacial score (nSPS) is 16.3. The molecular weight excluding hydrogens is 282 g/mol. The minimum atomic E-state index is -0.0692. The number of piperidine rings is 1. The second-order valence-electron chi connectivity index (χ2n) is 5.57. The van der Waals surface area contributed by atoms with Gasteiger partial charge >= 0.3 is 5.69 Å². The molecule has 1 fully saturated rings. The lowest BCUT2D eigenvalue weighted by Gasteiger charge is -2.32. The van der Waals surface area contributed by atoms with Crippen molar-refractivity contribution in [3.63, 3.8) is 0 Å². The predicted molar refractivity (Wildman–Crippen MR) is 83.9 cm³/mol. The van der Waals surface area contributed by atoms with Gasteiger partial charge in [0.2, 0.25) is 5.91 Å². The Morgan fingerprint density at radius 1 is 1.32 bits per heavy atom. The largest absolute Gasteiger partial charge is 0.372 e. The number of hydrogen-bond donors (Lipinski definition) is 1. The summed E-state index contributed by atoms with van der Waals surface area (Å²) in [6.07, 6.45) is 1.58. The number of aromatic amines is 1. The molecule has 6 heteroatoms. The van der Waals surface area contributed by atoms with E-state index in [2.05, 4.69) is 4.98 Å². The minimum Gasteiger partial charge on any atom is -0.372 e. The number of nitrogens with one attached hydrogen (secondary N) is 1. The van der Waals surface area contributed by atoms with Gasteiger partial charge < -0.3 is 14.6 Å². The van der Waals surface area contributed by atoms with Crippen molar-refractivity contribution in [3.8, 4) is 0 Å². The van der Waals surface area contributed by atoms with Crippen molar-refractivity contribution >= 4 is 16.9 Å². The molecule has 3 rings (SSSR count). The van der Waals surface area contributed by atoms with Gasteiger partial charge in [0, 0.05) is 25.7 Å². The first kappa shape index (κ1) is 14.8. The van der Waals surface area contributed by atoms with E-state index in [1.54, 1.807) is 0 Å². The van der Waals surface area contributed by atoms with E-state index in [1.165, 1.54) is 0 Å². The zero-order chi connectivity index (χ0) is 15.5. The smallest absolute Gasteiger partial charge is 0.326 e. The van der Waals surface area contributed by atoms with Crippen LogP contribution in [0.4, 0.5) is 0 Å². The molecule has 1 amide bonds. The molecule has 0 bridgehead atoms. The first-order valence-corrected chi connectivity index (χ1v) is 7.75. The molecular formula is C16H21N3O3. The highest BCUT2D eigenvalue weighted by molar-refractivity contribution is 5.77. The Morgan fingerprint density at radius 2 is 2.05 bits per heavy atom. The van der Waals surface area contributed by atoms with E-state index in [0.717, 1.165) is 23.9 Å². The van der Waals surface area contributed by atoms with Crippen LogP contribution in [0.3, 0.4) is 0 Å². The van der Waals surface area contributed by atoms with E-state index in [1.807, 2.05) is 40.7 Å². The maximum absolute atomic E-state index is 12.2. The summed E-state index contributed by atoms with van der Waals surface area (Å²) < 4.78 is 7.01. The third-order valence-corrected chi connectivity index (χ3v) is 4.24. The van der Waals surface area contributed by atoms with E-state index < -0.39 is 0 Å². The summed E-state index contributed by atoms with van der Waals surface area (Å²) in [5.41, 5.74) is 1.73. The van der Waals surface area contributed by atoms with E-state index in [-0.39, 0.29) is 24.2 Å². The van der Waals surface area contributed by atoms with Crippen molar-refractivity contribution in [2.75, 3.05) is 26.3 Å². The summed E-state index contributed by atoms with van der Waals surface area (Å²) in [6, 6.07) is 7.86. The Bertz CT molecular complexity index is 711. The summed E-state index contributed by atoms with van der Waals surface area (Å²) in [7, 11) is 0. The zero-order valence-corrected chi connectivity index (χ0v) is 12.7. The van der Waals surface area contributed by atoms with Crippen molar-refractivity contribution in [1.29, 1.82) is 0 Å². The highest BCUT2D eigenvalue weighted by Gasteiger charge is 2.25. The summed E-state index contributed by atoms with van der Waals surface area (Å²) >= 11 is 0. The number of benzene rings is 1. The summed E-state index contributed by atoms with van der Waals surface area (Å²) in [6.45, 7) is 3.91. The first-order valence-electron chi connectivity index (χ1n) is 7.75. The second-order valence-corrected chi connectivity index (χ2v) is 5.57. The molecule has 1 aromatic heterocycles. The van der Waals surface area contributed by atoms with Crippen LogP contribution in [0.2, 0.25) is 0 Å². The summed E-state index contributed by atoms with van der Waals surface area (Å²) in [5.74, 6) is 0.0339. The molecule has 0 aliphatic carbocycles. The quantitative estimate of drug-likeness (QED) is 0.931. The van der Waals surface area contributed by atoms with Crippen molar-refractivity contribution in [1.82, 2.24) is 14.5 Å². The molecule has 22 heavy (non-hydrogen) atoms. The molecule has 0 saturated carbocycles. The first-order chi connectivity index (χ1) is 10.7. The number of hydrogen-bond acceptors (Lipinski definition) is 3. The lowest BCUT2D eigenvalue weighted by atomic mass is 10.0. The number of fused-ring (bicyclic) bond motifs is 1. The van der Waals surface area contributed by atoms with Crippen LogP contribution in [0.25, 0.3) is 11.0 Å². The maximum Gasteiger partial charge on any atom is 0.326 e. The molecule has 0 atom stereocenters. The van der Waals surface area contributed by atoms with Crippen LogP contribution in [-0.2, 0) is 9.53 Å². The topological polar surface area (TPSA) is 67.3 Å². The standard InChI is InChI=1S/C16H21N3O3/c1-2-22-11-15(20)18-9-7-12(8-10-18)19-14-6-4-3-5-13(14)17-16(19)21/h3-6,12H,2,7-11H2,1H3,(H,17,21). The molecule has 2 aromatic rings. The molecule has 1 aromatic carbocycles. The van der Waals surface area contributed by atoms with E-state index in [4.69, 9.17) is 4.74 Å². The lowest BCUT2D eigenvalue weighted by Crippen LogP contribution is -2.42. The SMILES string of the molecule is CCOCC(=O)N1CCC(n2c(=O)[nH]c3ccccc32)CC1. The number of amides is 1. The highest BCUT2D eigenvalue weighted by atomic mass is 16.5. The van der Waals surface area contributed by atoms with Gasteiger partial charge in [-0.05, 0) is 31.9 Å².